The minimum absolute atomic E-state index is 0.193. The van der Waals surface area contributed by atoms with E-state index in [9.17, 15) is 4.79 Å². The molecule has 0 aromatic heterocycles. The van der Waals surface area contributed by atoms with Crippen molar-refractivity contribution in [3.63, 3.8) is 0 Å². The van der Waals surface area contributed by atoms with Gasteiger partial charge in [0.15, 0.2) is 0 Å². The maximum absolute atomic E-state index is 12.3. The molecule has 2 rings (SSSR count). The van der Waals surface area contributed by atoms with Gasteiger partial charge in [0.25, 0.3) is 0 Å². The molecule has 0 saturated carbocycles. The molecule has 2 heteroatoms. The smallest absolute Gasteiger partial charge is 0.225 e. The fourth-order valence-electron chi connectivity index (χ4n) is 3.03. The van der Waals surface area contributed by atoms with Gasteiger partial charge in [-0.05, 0) is 30.7 Å². The van der Waals surface area contributed by atoms with Crippen molar-refractivity contribution >= 4 is 5.91 Å². The zero-order valence-electron chi connectivity index (χ0n) is 12.1. The van der Waals surface area contributed by atoms with Crippen molar-refractivity contribution in [3.8, 4) is 0 Å². The first-order valence-corrected chi connectivity index (χ1v) is 7.56. The summed E-state index contributed by atoms with van der Waals surface area (Å²) in [5.41, 5.74) is 1.43. The van der Waals surface area contributed by atoms with Crippen molar-refractivity contribution in [2.45, 2.75) is 45.4 Å². The topological polar surface area (TPSA) is 20.3 Å². The van der Waals surface area contributed by atoms with Crippen LogP contribution in [-0.2, 0) is 4.79 Å². The average molecular weight is 259 g/mol. The van der Waals surface area contributed by atoms with E-state index in [2.05, 4.69) is 49.1 Å². The van der Waals surface area contributed by atoms with Gasteiger partial charge in [-0.1, -0.05) is 50.6 Å². The Labute approximate surface area is 116 Å². The van der Waals surface area contributed by atoms with Crippen LogP contribution in [0.15, 0.2) is 30.3 Å². The molecule has 1 heterocycles. The fourth-order valence-corrected chi connectivity index (χ4v) is 3.03. The van der Waals surface area contributed by atoms with Crippen molar-refractivity contribution in [3.05, 3.63) is 35.9 Å². The molecule has 0 aliphatic carbocycles. The molecule has 2 nitrogen and oxygen atoms in total. The highest BCUT2D eigenvalue weighted by molar-refractivity contribution is 5.78. The first kappa shape index (κ1) is 14.1. The van der Waals surface area contributed by atoms with Crippen LogP contribution < -0.4 is 0 Å². The van der Waals surface area contributed by atoms with Gasteiger partial charge in [-0.15, -0.1) is 0 Å². The van der Waals surface area contributed by atoms with Gasteiger partial charge in [-0.2, -0.15) is 0 Å². The molecule has 0 bridgehead atoms. The first-order valence-electron chi connectivity index (χ1n) is 7.56. The Kier molecular flexibility index (Phi) is 5.00. The highest BCUT2D eigenvalue weighted by Crippen LogP contribution is 2.28. The lowest BCUT2D eigenvalue weighted by Crippen LogP contribution is -2.40. The molecular weight excluding hydrogens is 234 g/mol. The Balaban J connectivity index is 1.87. The Morgan fingerprint density at radius 3 is 2.47 bits per heavy atom. The fraction of sp³-hybridized carbons (Fsp3) is 0.588. The summed E-state index contributed by atoms with van der Waals surface area (Å²) in [6.07, 6.45) is 4.31. The largest absolute Gasteiger partial charge is 0.342 e. The minimum atomic E-state index is 0.193. The van der Waals surface area contributed by atoms with Crippen LogP contribution >= 0.6 is 0 Å². The van der Waals surface area contributed by atoms with Crippen molar-refractivity contribution in [1.82, 2.24) is 4.90 Å². The molecule has 1 aromatic carbocycles. The molecular formula is C17H25NO. The lowest BCUT2D eigenvalue weighted by atomic mass is 9.89. The summed E-state index contributed by atoms with van der Waals surface area (Å²) in [7, 11) is 0. The molecule has 19 heavy (non-hydrogen) atoms. The lowest BCUT2D eigenvalue weighted by molar-refractivity contribution is -0.136. The molecule has 1 fully saturated rings. The summed E-state index contributed by atoms with van der Waals surface area (Å²) in [4.78, 5) is 14.3. The predicted molar refractivity (Wildman–Crippen MR) is 79.1 cm³/mol. The van der Waals surface area contributed by atoms with E-state index < -0.39 is 0 Å². The van der Waals surface area contributed by atoms with E-state index >= 15 is 0 Å². The van der Waals surface area contributed by atoms with Crippen molar-refractivity contribution in [1.29, 1.82) is 0 Å². The second-order valence-electron chi connectivity index (χ2n) is 5.70. The molecule has 1 saturated heterocycles. The zero-order chi connectivity index (χ0) is 13.7. The van der Waals surface area contributed by atoms with E-state index in [1.807, 2.05) is 0 Å². The number of rotatable bonds is 4. The van der Waals surface area contributed by atoms with Gasteiger partial charge in [0.2, 0.25) is 5.91 Å². The molecule has 104 valence electrons. The van der Waals surface area contributed by atoms with Crippen LogP contribution in [0.4, 0.5) is 0 Å². The van der Waals surface area contributed by atoms with E-state index in [-0.39, 0.29) is 5.92 Å². The molecule has 1 aliphatic heterocycles. The SMILES string of the molecule is CCCC(C)C(=O)N1CCC(c2ccccc2)CC1. The van der Waals surface area contributed by atoms with E-state index in [0.717, 1.165) is 38.8 Å². The maximum atomic E-state index is 12.3. The third kappa shape index (κ3) is 3.59. The number of carbonyl (C=O) groups excluding carboxylic acids is 1. The van der Waals surface area contributed by atoms with Crippen molar-refractivity contribution in [2.24, 2.45) is 5.92 Å². The molecule has 1 aliphatic rings. The summed E-state index contributed by atoms with van der Waals surface area (Å²) in [6.45, 7) is 6.05. The number of hydrogen-bond donors (Lipinski definition) is 0. The minimum Gasteiger partial charge on any atom is -0.342 e. The number of amides is 1. The summed E-state index contributed by atoms with van der Waals surface area (Å²) < 4.78 is 0. The Morgan fingerprint density at radius 2 is 1.89 bits per heavy atom. The summed E-state index contributed by atoms with van der Waals surface area (Å²) >= 11 is 0. The van der Waals surface area contributed by atoms with E-state index in [4.69, 9.17) is 0 Å². The number of piperidine rings is 1. The summed E-state index contributed by atoms with van der Waals surface area (Å²) in [6, 6.07) is 10.7. The van der Waals surface area contributed by atoms with Crippen LogP contribution in [0.5, 0.6) is 0 Å². The summed E-state index contributed by atoms with van der Waals surface area (Å²) in [5.74, 6) is 1.18. The second-order valence-corrected chi connectivity index (χ2v) is 5.70. The molecule has 1 unspecified atom stereocenters. The van der Waals surface area contributed by atoms with Gasteiger partial charge in [0, 0.05) is 19.0 Å². The van der Waals surface area contributed by atoms with Crippen LogP contribution in [0.25, 0.3) is 0 Å². The van der Waals surface area contributed by atoms with Crippen LogP contribution in [-0.4, -0.2) is 23.9 Å². The molecule has 0 N–H and O–H groups in total. The Morgan fingerprint density at radius 1 is 1.26 bits per heavy atom. The molecule has 1 atom stereocenters. The Bertz CT molecular complexity index is 393. The number of hydrogen-bond acceptors (Lipinski definition) is 1. The zero-order valence-corrected chi connectivity index (χ0v) is 12.1. The quantitative estimate of drug-likeness (QED) is 0.804. The van der Waals surface area contributed by atoms with Gasteiger partial charge in [-0.25, -0.2) is 0 Å². The van der Waals surface area contributed by atoms with E-state index in [1.54, 1.807) is 0 Å². The van der Waals surface area contributed by atoms with Crippen LogP contribution in [0.1, 0.15) is 51.0 Å². The number of carbonyl (C=O) groups is 1. The number of nitrogens with zero attached hydrogens (tertiary/aromatic N) is 1. The van der Waals surface area contributed by atoms with Gasteiger partial charge < -0.3 is 4.90 Å². The lowest BCUT2D eigenvalue weighted by Gasteiger charge is -2.33. The van der Waals surface area contributed by atoms with Gasteiger partial charge >= 0.3 is 0 Å². The van der Waals surface area contributed by atoms with Crippen molar-refractivity contribution < 1.29 is 4.79 Å². The standard InChI is InChI=1S/C17H25NO/c1-3-7-14(2)17(19)18-12-10-16(11-13-18)15-8-5-4-6-9-15/h4-6,8-9,14,16H,3,7,10-13H2,1-2H3. The summed E-state index contributed by atoms with van der Waals surface area (Å²) in [5, 5.41) is 0. The first-order chi connectivity index (χ1) is 9.22. The van der Waals surface area contributed by atoms with Crippen LogP contribution in [0.3, 0.4) is 0 Å². The predicted octanol–water partition coefficient (Wildman–Crippen LogP) is 3.83. The van der Waals surface area contributed by atoms with Gasteiger partial charge in [0.1, 0.15) is 0 Å². The molecule has 1 aromatic rings. The Hall–Kier alpha value is -1.31. The number of benzene rings is 1. The highest BCUT2D eigenvalue weighted by atomic mass is 16.2. The monoisotopic (exact) mass is 259 g/mol. The van der Waals surface area contributed by atoms with Gasteiger partial charge in [-0.3, -0.25) is 4.79 Å². The van der Waals surface area contributed by atoms with E-state index in [0.29, 0.717) is 11.8 Å². The normalized spacial score (nSPS) is 18.3. The molecule has 0 radical (unpaired) electrons. The van der Waals surface area contributed by atoms with Crippen molar-refractivity contribution in [2.75, 3.05) is 13.1 Å². The highest BCUT2D eigenvalue weighted by Gasteiger charge is 2.26. The van der Waals surface area contributed by atoms with E-state index in [1.165, 1.54) is 5.56 Å². The van der Waals surface area contributed by atoms with Crippen LogP contribution in [0.2, 0.25) is 0 Å². The number of likely N-dealkylation sites (tertiary alicyclic amines) is 1. The second kappa shape index (κ2) is 6.74. The van der Waals surface area contributed by atoms with Gasteiger partial charge in [0.05, 0.1) is 0 Å². The maximum Gasteiger partial charge on any atom is 0.225 e. The van der Waals surface area contributed by atoms with Crippen LogP contribution in [0, 0.1) is 5.92 Å². The third-order valence-electron chi connectivity index (χ3n) is 4.22. The third-order valence-corrected chi connectivity index (χ3v) is 4.22. The molecule has 1 amide bonds. The average Bonchev–Trinajstić information content (AvgIpc) is 2.48. The molecule has 0 spiro atoms.